The zero-order valence-corrected chi connectivity index (χ0v) is 12.7. The van der Waals surface area contributed by atoms with Gasteiger partial charge in [0, 0.05) is 21.3 Å². The predicted molar refractivity (Wildman–Crippen MR) is 82.4 cm³/mol. The van der Waals surface area contributed by atoms with Gasteiger partial charge in [-0.2, -0.15) is 5.26 Å². The molecule has 6 heteroatoms. The molecule has 0 aromatic heterocycles. The zero-order valence-electron chi connectivity index (χ0n) is 11.1. The second-order valence-electron chi connectivity index (χ2n) is 4.43. The van der Waals surface area contributed by atoms with Crippen molar-refractivity contribution >= 4 is 33.2 Å². The number of carbonyl (C=O) groups excluding carboxylic acids is 1. The standard InChI is InChI=1S/C15H11BrFN3O/c1-8-12(17)4-10(5-13(8)19)15(21)20-14-6-11(16)3-2-9(14)7-18/h2-6H,19H2,1H3,(H,20,21). The summed E-state index contributed by atoms with van der Waals surface area (Å²) >= 11 is 3.26. The van der Waals surface area contributed by atoms with Crippen molar-refractivity contribution in [1.82, 2.24) is 0 Å². The van der Waals surface area contributed by atoms with Gasteiger partial charge in [0.1, 0.15) is 11.9 Å². The van der Waals surface area contributed by atoms with Gasteiger partial charge in [0.2, 0.25) is 0 Å². The van der Waals surface area contributed by atoms with Crippen LogP contribution in [0.4, 0.5) is 15.8 Å². The van der Waals surface area contributed by atoms with E-state index < -0.39 is 11.7 Å². The lowest BCUT2D eigenvalue weighted by atomic mass is 10.1. The molecule has 0 fully saturated rings. The van der Waals surface area contributed by atoms with Gasteiger partial charge in [-0.25, -0.2) is 4.39 Å². The fourth-order valence-electron chi connectivity index (χ4n) is 1.74. The number of nitriles is 1. The van der Waals surface area contributed by atoms with E-state index in [1.807, 2.05) is 6.07 Å². The van der Waals surface area contributed by atoms with Crippen molar-refractivity contribution in [3.63, 3.8) is 0 Å². The van der Waals surface area contributed by atoms with Crippen LogP contribution in [0.15, 0.2) is 34.8 Å². The number of rotatable bonds is 2. The molecule has 0 aliphatic rings. The van der Waals surface area contributed by atoms with Crippen molar-refractivity contribution in [1.29, 1.82) is 5.26 Å². The van der Waals surface area contributed by atoms with Crippen molar-refractivity contribution in [2.45, 2.75) is 6.92 Å². The van der Waals surface area contributed by atoms with Gasteiger partial charge in [-0.1, -0.05) is 15.9 Å². The Balaban J connectivity index is 2.35. The number of nitrogens with one attached hydrogen (secondary N) is 1. The first-order valence-corrected chi connectivity index (χ1v) is 6.78. The molecule has 0 saturated carbocycles. The molecule has 0 atom stereocenters. The third-order valence-corrected chi connectivity index (χ3v) is 3.49. The molecule has 3 N–H and O–H groups in total. The molecule has 0 heterocycles. The lowest BCUT2D eigenvalue weighted by molar-refractivity contribution is 0.102. The van der Waals surface area contributed by atoms with Gasteiger partial charge in [-0.05, 0) is 37.3 Å². The minimum absolute atomic E-state index is 0.0967. The number of nitrogens with two attached hydrogens (primary N) is 1. The van der Waals surface area contributed by atoms with Crippen LogP contribution in [0.2, 0.25) is 0 Å². The quantitative estimate of drug-likeness (QED) is 0.814. The van der Waals surface area contributed by atoms with Crippen LogP contribution in [0, 0.1) is 24.1 Å². The number of hydrogen-bond donors (Lipinski definition) is 2. The Morgan fingerprint density at radius 2 is 2.10 bits per heavy atom. The summed E-state index contributed by atoms with van der Waals surface area (Å²) in [5, 5.41) is 11.6. The molecule has 0 aliphatic heterocycles. The maximum atomic E-state index is 13.6. The Morgan fingerprint density at radius 3 is 2.71 bits per heavy atom. The molecule has 2 rings (SSSR count). The molecular weight excluding hydrogens is 337 g/mol. The fourth-order valence-corrected chi connectivity index (χ4v) is 2.10. The van der Waals surface area contributed by atoms with Crippen LogP contribution in [0.5, 0.6) is 0 Å². The fraction of sp³-hybridized carbons (Fsp3) is 0.0667. The van der Waals surface area contributed by atoms with Gasteiger partial charge in [0.25, 0.3) is 5.91 Å². The highest BCUT2D eigenvalue weighted by molar-refractivity contribution is 9.10. The van der Waals surface area contributed by atoms with Gasteiger partial charge >= 0.3 is 0 Å². The number of amides is 1. The van der Waals surface area contributed by atoms with Crippen molar-refractivity contribution in [2.24, 2.45) is 0 Å². The van der Waals surface area contributed by atoms with Crippen molar-refractivity contribution < 1.29 is 9.18 Å². The SMILES string of the molecule is Cc1c(N)cc(C(=O)Nc2cc(Br)ccc2C#N)cc1F. The number of halogens is 2. The third kappa shape index (κ3) is 3.20. The first kappa shape index (κ1) is 15.0. The van der Waals surface area contributed by atoms with E-state index in [-0.39, 0.29) is 11.3 Å². The summed E-state index contributed by atoms with van der Waals surface area (Å²) in [6.45, 7) is 1.54. The van der Waals surface area contributed by atoms with E-state index in [0.29, 0.717) is 21.3 Å². The average Bonchev–Trinajstić information content (AvgIpc) is 2.44. The average molecular weight is 348 g/mol. The highest BCUT2D eigenvalue weighted by Crippen LogP contribution is 2.23. The summed E-state index contributed by atoms with van der Waals surface area (Å²) in [6, 6.07) is 9.36. The molecule has 106 valence electrons. The zero-order chi connectivity index (χ0) is 15.6. The second-order valence-corrected chi connectivity index (χ2v) is 5.34. The maximum Gasteiger partial charge on any atom is 0.255 e. The molecule has 0 unspecified atom stereocenters. The summed E-state index contributed by atoms with van der Waals surface area (Å²) in [5.74, 6) is -1.08. The van der Waals surface area contributed by atoms with Gasteiger partial charge in [-0.3, -0.25) is 4.79 Å². The molecular formula is C15H11BrFN3O. The Morgan fingerprint density at radius 1 is 1.38 bits per heavy atom. The number of anilines is 2. The minimum atomic E-state index is -0.546. The number of nitrogens with zero attached hydrogens (tertiary/aromatic N) is 1. The number of benzene rings is 2. The van der Waals surface area contributed by atoms with Crippen LogP contribution < -0.4 is 11.1 Å². The van der Waals surface area contributed by atoms with Crippen molar-refractivity contribution in [2.75, 3.05) is 11.1 Å². The second kappa shape index (κ2) is 5.94. The van der Waals surface area contributed by atoms with Crippen LogP contribution >= 0.6 is 15.9 Å². The highest BCUT2D eigenvalue weighted by atomic mass is 79.9. The molecule has 0 bridgehead atoms. The van der Waals surface area contributed by atoms with E-state index in [1.165, 1.54) is 13.0 Å². The van der Waals surface area contributed by atoms with Gasteiger partial charge in [0.15, 0.2) is 0 Å². The summed E-state index contributed by atoms with van der Waals surface area (Å²) in [7, 11) is 0. The lowest BCUT2D eigenvalue weighted by Gasteiger charge is -2.09. The third-order valence-electron chi connectivity index (χ3n) is 3.00. The molecule has 4 nitrogen and oxygen atoms in total. The van der Waals surface area contributed by atoms with E-state index in [4.69, 9.17) is 11.0 Å². The lowest BCUT2D eigenvalue weighted by Crippen LogP contribution is -2.14. The molecule has 0 aliphatic carbocycles. The summed E-state index contributed by atoms with van der Waals surface area (Å²) in [4.78, 5) is 12.2. The summed E-state index contributed by atoms with van der Waals surface area (Å²) in [6.07, 6.45) is 0. The molecule has 21 heavy (non-hydrogen) atoms. The van der Waals surface area contributed by atoms with Crippen molar-refractivity contribution in [3.8, 4) is 6.07 Å². The van der Waals surface area contributed by atoms with Crippen molar-refractivity contribution in [3.05, 3.63) is 57.3 Å². The minimum Gasteiger partial charge on any atom is -0.398 e. The topological polar surface area (TPSA) is 78.9 Å². The molecule has 2 aromatic carbocycles. The maximum absolute atomic E-state index is 13.6. The van der Waals surface area contributed by atoms with Gasteiger partial charge in [0.05, 0.1) is 11.3 Å². The van der Waals surface area contributed by atoms with E-state index in [9.17, 15) is 9.18 Å². The van der Waals surface area contributed by atoms with Crippen LogP contribution in [-0.4, -0.2) is 5.91 Å². The summed E-state index contributed by atoms with van der Waals surface area (Å²) < 4.78 is 14.3. The van der Waals surface area contributed by atoms with E-state index in [1.54, 1.807) is 18.2 Å². The van der Waals surface area contributed by atoms with E-state index in [2.05, 4.69) is 21.2 Å². The number of nitrogen functional groups attached to an aromatic ring is 1. The molecule has 1 amide bonds. The molecule has 0 saturated heterocycles. The Hall–Kier alpha value is -2.39. The smallest absolute Gasteiger partial charge is 0.255 e. The Labute approximate surface area is 129 Å². The van der Waals surface area contributed by atoms with Gasteiger partial charge in [-0.15, -0.1) is 0 Å². The van der Waals surface area contributed by atoms with Crippen LogP contribution in [-0.2, 0) is 0 Å². The molecule has 0 radical (unpaired) electrons. The van der Waals surface area contributed by atoms with Crippen LogP contribution in [0.3, 0.4) is 0 Å². The van der Waals surface area contributed by atoms with E-state index in [0.717, 1.165) is 6.07 Å². The predicted octanol–water partition coefficient (Wildman–Crippen LogP) is 3.60. The Kier molecular flexibility index (Phi) is 4.24. The first-order chi connectivity index (χ1) is 9.92. The number of carbonyl (C=O) groups is 1. The summed E-state index contributed by atoms with van der Waals surface area (Å²) in [5.41, 5.74) is 6.91. The monoisotopic (exact) mass is 347 g/mol. The molecule has 0 spiro atoms. The largest absolute Gasteiger partial charge is 0.398 e. The van der Waals surface area contributed by atoms with E-state index >= 15 is 0 Å². The van der Waals surface area contributed by atoms with Gasteiger partial charge < -0.3 is 11.1 Å². The number of hydrogen-bond acceptors (Lipinski definition) is 3. The van der Waals surface area contributed by atoms with Crippen LogP contribution in [0.25, 0.3) is 0 Å². The Bertz CT molecular complexity index is 745. The molecule has 2 aromatic rings. The van der Waals surface area contributed by atoms with Crippen LogP contribution in [0.1, 0.15) is 21.5 Å². The normalized spacial score (nSPS) is 10.0. The first-order valence-electron chi connectivity index (χ1n) is 5.99. The highest BCUT2D eigenvalue weighted by Gasteiger charge is 2.13.